The standard InChI is InChI=1S/C8H5ClIN/c9-6-1-2-7(10)8-5(6)3-4-11-8/h1-4,11H. The minimum absolute atomic E-state index is 0.807. The molecule has 0 aliphatic heterocycles. The van der Waals surface area contributed by atoms with E-state index in [1.165, 1.54) is 3.57 Å². The van der Waals surface area contributed by atoms with E-state index in [1.54, 1.807) is 0 Å². The monoisotopic (exact) mass is 277 g/mol. The maximum absolute atomic E-state index is 5.95. The van der Waals surface area contributed by atoms with Crippen molar-refractivity contribution in [3.63, 3.8) is 0 Å². The number of H-pyrrole nitrogens is 1. The highest BCUT2D eigenvalue weighted by Gasteiger charge is 2.01. The molecule has 0 aliphatic rings. The first-order valence-corrected chi connectivity index (χ1v) is 4.66. The summed E-state index contributed by atoms with van der Waals surface area (Å²) in [7, 11) is 0. The number of aromatic amines is 1. The molecule has 0 saturated heterocycles. The molecule has 0 atom stereocenters. The quantitative estimate of drug-likeness (QED) is 0.710. The van der Waals surface area contributed by atoms with Gasteiger partial charge in [0.1, 0.15) is 0 Å². The van der Waals surface area contributed by atoms with Gasteiger partial charge >= 0.3 is 0 Å². The number of nitrogens with one attached hydrogen (secondary N) is 1. The zero-order valence-corrected chi connectivity index (χ0v) is 8.48. The number of aromatic nitrogens is 1. The van der Waals surface area contributed by atoms with Gasteiger partial charge in [-0.3, -0.25) is 0 Å². The van der Waals surface area contributed by atoms with E-state index in [0.717, 1.165) is 15.9 Å². The first kappa shape index (κ1) is 7.43. The first-order valence-electron chi connectivity index (χ1n) is 3.20. The Balaban J connectivity index is 2.96. The third kappa shape index (κ3) is 1.14. The molecule has 1 N–H and O–H groups in total. The molecule has 1 aromatic carbocycles. The van der Waals surface area contributed by atoms with Crippen LogP contribution in [0.4, 0.5) is 0 Å². The minimum Gasteiger partial charge on any atom is -0.360 e. The van der Waals surface area contributed by atoms with Crippen LogP contribution in [0.2, 0.25) is 5.02 Å². The Morgan fingerprint density at radius 3 is 2.82 bits per heavy atom. The lowest BCUT2D eigenvalue weighted by molar-refractivity contribution is 1.46. The second-order valence-corrected chi connectivity index (χ2v) is 3.86. The van der Waals surface area contributed by atoms with Gasteiger partial charge in [0.25, 0.3) is 0 Å². The van der Waals surface area contributed by atoms with Crippen molar-refractivity contribution in [1.82, 2.24) is 4.98 Å². The summed E-state index contributed by atoms with van der Waals surface area (Å²) in [4.78, 5) is 3.14. The Morgan fingerprint density at radius 2 is 2.09 bits per heavy atom. The van der Waals surface area contributed by atoms with Crippen LogP contribution in [0.3, 0.4) is 0 Å². The molecular weight excluding hydrogens is 272 g/mol. The maximum atomic E-state index is 5.95. The van der Waals surface area contributed by atoms with Crippen LogP contribution in [0, 0.1) is 3.57 Å². The topological polar surface area (TPSA) is 15.8 Å². The fourth-order valence-electron chi connectivity index (χ4n) is 1.09. The lowest BCUT2D eigenvalue weighted by Gasteiger charge is -1.95. The van der Waals surface area contributed by atoms with Crippen molar-refractivity contribution >= 4 is 45.1 Å². The molecule has 1 nitrogen and oxygen atoms in total. The predicted molar refractivity (Wildman–Crippen MR) is 56.0 cm³/mol. The Morgan fingerprint density at radius 1 is 1.27 bits per heavy atom. The molecule has 0 radical (unpaired) electrons. The van der Waals surface area contributed by atoms with Crippen LogP contribution in [0.15, 0.2) is 24.4 Å². The van der Waals surface area contributed by atoms with Gasteiger partial charge < -0.3 is 4.98 Å². The van der Waals surface area contributed by atoms with Crippen molar-refractivity contribution in [3.8, 4) is 0 Å². The summed E-state index contributed by atoms with van der Waals surface area (Å²) in [5.74, 6) is 0. The van der Waals surface area contributed by atoms with E-state index >= 15 is 0 Å². The van der Waals surface area contributed by atoms with E-state index in [2.05, 4.69) is 27.6 Å². The van der Waals surface area contributed by atoms with E-state index < -0.39 is 0 Å². The lowest BCUT2D eigenvalue weighted by atomic mass is 10.2. The Bertz CT molecular complexity index is 358. The summed E-state index contributed by atoms with van der Waals surface area (Å²) < 4.78 is 1.20. The summed E-state index contributed by atoms with van der Waals surface area (Å²) in [6, 6.07) is 5.90. The fourth-order valence-corrected chi connectivity index (χ4v) is 1.93. The molecule has 1 heterocycles. The Hall–Kier alpha value is -0.220. The maximum Gasteiger partial charge on any atom is 0.0604 e. The summed E-state index contributed by atoms with van der Waals surface area (Å²) in [5, 5.41) is 1.90. The van der Waals surface area contributed by atoms with Crippen LogP contribution in [0.25, 0.3) is 10.9 Å². The molecule has 2 rings (SSSR count). The van der Waals surface area contributed by atoms with Gasteiger partial charge in [0.05, 0.1) is 10.5 Å². The summed E-state index contributed by atoms with van der Waals surface area (Å²) in [6.07, 6.45) is 1.90. The summed E-state index contributed by atoms with van der Waals surface area (Å²) in [5.41, 5.74) is 1.12. The first-order chi connectivity index (χ1) is 5.29. The number of fused-ring (bicyclic) bond motifs is 1. The SMILES string of the molecule is Clc1ccc(I)c2[nH]ccc12. The van der Waals surface area contributed by atoms with Crippen molar-refractivity contribution in [1.29, 1.82) is 0 Å². The van der Waals surface area contributed by atoms with Gasteiger partial charge in [-0.25, -0.2) is 0 Å². The van der Waals surface area contributed by atoms with E-state index in [4.69, 9.17) is 11.6 Å². The van der Waals surface area contributed by atoms with Gasteiger partial charge in [-0.05, 0) is 40.8 Å². The zero-order chi connectivity index (χ0) is 7.84. The molecule has 0 saturated carbocycles. The van der Waals surface area contributed by atoms with Crippen LogP contribution < -0.4 is 0 Å². The van der Waals surface area contributed by atoms with Gasteiger partial charge in [0.2, 0.25) is 0 Å². The molecule has 0 amide bonds. The van der Waals surface area contributed by atoms with Gasteiger partial charge in [-0.15, -0.1) is 0 Å². The molecule has 2 aromatic rings. The smallest absolute Gasteiger partial charge is 0.0604 e. The molecule has 0 aliphatic carbocycles. The number of hydrogen-bond donors (Lipinski definition) is 1. The van der Waals surface area contributed by atoms with Gasteiger partial charge in [-0.2, -0.15) is 0 Å². The molecule has 56 valence electrons. The fraction of sp³-hybridized carbons (Fsp3) is 0. The predicted octanol–water partition coefficient (Wildman–Crippen LogP) is 3.43. The van der Waals surface area contributed by atoms with Gasteiger partial charge in [-0.1, -0.05) is 11.6 Å². The van der Waals surface area contributed by atoms with Crippen molar-refractivity contribution in [2.75, 3.05) is 0 Å². The van der Waals surface area contributed by atoms with Crippen LogP contribution in [-0.4, -0.2) is 4.98 Å². The van der Waals surface area contributed by atoms with E-state index in [9.17, 15) is 0 Å². The Kier molecular flexibility index (Phi) is 1.81. The highest BCUT2D eigenvalue weighted by Crippen LogP contribution is 2.25. The van der Waals surface area contributed by atoms with E-state index in [1.807, 2.05) is 24.4 Å². The molecule has 0 fully saturated rings. The van der Waals surface area contributed by atoms with E-state index in [0.29, 0.717) is 0 Å². The van der Waals surface area contributed by atoms with Crippen molar-refractivity contribution in [3.05, 3.63) is 33.0 Å². The number of halogens is 2. The van der Waals surface area contributed by atoms with Crippen LogP contribution in [0.1, 0.15) is 0 Å². The van der Waals surface area contributed by atoms with Gasteiger partial charge in [0.15, 0.2) is 0 Å². The summed E-state index contributed by atoms with van der Waals surface area (Å²) in [6.45, 7) is 0. The zero-order valence-electron chi connectivity index (χ0n) is 5.57. The molecule has 1 aromatic heterocycles. The highest BCUT2D eigenvalue weighted by atomic mass is 127. The average molecular weight is 277 g/mol. The molecule has 11 heavy (non-hydrogen) atoms. The van der Waals surface area contributed by atoms with Crippen molar-refractivity contribution in [2.45, 2.75) is 0 Å². The lowest BCUT2D eigenvalue weighted by Crippen LogP contribution is -1.74. The normalized spacial score (nSPS) is 10.7. The van der Waals surface area contributed by atoms with E-state index in [-0.39, 0.29) is 0 Å². The summed E-state index contributed by atoms with van der Waals surface area (Å²) >= 11 is 8.23. The van der Waals surface area contributed by atoms with Gasteiger partial charge in [0, 0.05) is 15.2 Å². The third-order valence-electron chi connectivity index (χ3n) is 1.62. The molecule has 0 spiro atoms. The Labute approximate surface area is 82.9 Å². The van der Waals surface area contributed by atoms with Crippen LogP contribution in [-0.2, 0) is 0 Å². The highest BCUT2D eigenvalue weighted by molar-refractivity contribution is 14.1. The molecular formula is C8H5ClIN. The van der Waals surface area contributed by atoms with Crippen molar-refractivity contribution < 1.29 is 0 Å². The third-order valence-corrected chi connectivity index (χ3v) is 2.85. The average Bonchev–Trinajstić information content (AvgIpc) is 2.45. The molecule has 0 bridgehead atoms. The van der Waals surface area contributed by atoms with Crippen molar-refractivity contribution in [2.24, 2.45) is 0 Å². The second kappa shape index (κ2) is 2.68. The molecule has 3 heteroatoms. The molecule has 0 unspecified atom stereocenters. The van der Waals surface area contributed by atoms with Crippen LogP contribution >= 0.6 is 34.2 Å². The van der Waals surface area contributed by atoms with Crippen LogP contribution in [0.5, 0.6) is 0 Å². The minimum atomic E-state index is 0.807. The largest absolute Gasteiger partial charge is 0.360 e. The number of hydrogen-bond acceptors (Lipinski definition) is 0. The number of benzene rings is 1. The number of rotatable bonds is 0. The second-order valence-electron chi connectivity index (χ2n) is 2.30.